The van der Waals surface area contributed by atoms with Crippen LogP contribution in [0.15, 0.2) is 42.5 Å². The van der Waals surface area contributed by atoms with Gasteiger partial charge in [0.15, 0.2) is 0 Å². The van der Waals surface area contributed by atoms with Crippen molar-refractivity contribution in [1.29, 1.82) is 0 Å². The summed E-state index contributed by atoms with van der Waals surface area (Å²) in [5, 5.41) is 0.985. The number of carbonyl (C=O) groups excluding carboxylic acids is 1. The molecule has 0 N–H and O–H groups in total. The molecule has 0 bridgehead atoms. The fourth-order valence-corrected chi connectivity index (χ4v) is 3.49. The maximum Gasteiger partial charge on any atom is 0.255 e. The lowest BCUT2D eigenvalue weighted by molar-refractivity contribution is 0.0761. The van der Waals surface area contributed by atoms with E-state index < -0.39 is 0 Å². The second-order valence-corrected chi connectivity index (χ2v) is 7.38. The molecule has 0 atom stereocenters. The van der Waals surface area contributed by atoms with E-state index in [1.165, 1.54) is 11.1 Å². The van der Waals surface area contributed by atoms with E-state index in [-0.39, 0.29) is 5.91 Å². The summed E-state index contributed by atoms with van der Waals surface area (Å²) in [6.45, 7) is 6.30. The number of nitrogens with zero attached hydrogens (tertiary/aromatic N) is 2. The Kier molecular flexibility index (Phi) is 6.00. The molecule has 1 heterocycles. The third-order valence-electron chi connectivity index (χ3n) is 4.56. The minimum absolute atomic E-state index is 0.0373. The Hall–Kier alpha value is -1.55. The number of halogens is 2. The molecule has 132 valence electrons. The van der Waals surface area contributed by atoms with Gasteiger partial charge < -0.3 is 4.90 Å². The largest absolute Gasteiger partial charge is 0.337 e. The Labute approximate surface area is 159 Å². The van der Waals surface area contributed by atoms with Crippen LogP contribution in [-0.4, -0.2) is 41.9 Å². The standard InChI is InChI=1S/C20H22Cl2N2O/c1-15-3-5-16(6-4-15)14-23-9-2-10-24(12-11-23)20(25)18-13-17(21)7-8-19(18)22/h3-8,13H,2,9-12,14H2,1H3. The van der Waals surface area contributed by atoms with Crippen LogP contribution in [0.1, 0.15) is 27.9 Å². The number of benzene rings is 2. The van der Waals surface area contributed by atoms with Crippen LogP contribution in [0.4, 0.5) is 0 Å². The van der Waals surface area contributed by atoms with Gasteiger partial charge in [-0.15, -0.1) is 0 Å². The highest BCUT2D eigenvalue weighted by molar-refractivity contribution is 6.35. The predicted molar refractivity (Wildman–Crippen MR) is 103 cm³/mol. The van der Waals surface area contributed by atoms with E-state index >= 15 is 0 Å². The highest BCUT2D eigenvalue weighted by Crippen LogP contribution is 2.23. The molecule has 0 aliphatic carbocycles. The SMILES string of the molecule is Cc1ccc(CN2CCCN(C(=O)c3cc(Cl)ccc3Cl)CC2)cc1. The Morgan fingerprint density at radius 2 is 1.76 bits per heavy atom. The number of hydrogen-bond acceptors (Lipinski definition) is 2. The number of rotatable bonds is 3. The molecule has 5 heteroatoms. The van der Waals surface area contributed by atoms with Crippen LogP contribution in [0.25, 0.3) is 0 Å². The van der Waals surface area contributed by atoms with Gasteiger partial charge in [-0.25, -0.2) is 0 Å². The van der Waals surface area contributed by atoms with Gasteiger partial charge in [0, 0.05) is 37.7 Å². The van der Waals surface area contributed by atoms with Gasteiger partial charge in [0.25, 0.3) is 5.91 Å². The molecule has 0 unspecified atom stereocenters. The van der Waals surface area contributed by atoms with Crippen LogP contribution in [-0.2, 0) is 6.54 Å². The quantitative estimate of drug-likeness (QED) is 0.778. The molecule has 1 fully saturated rings. The van der Waals surface area contributed by atoms with Crippen molar-refractivity contribution in [2.75, 3.05) is 26.2 Å². The minimum atomic E-state index is -0.0373. The molecule has 2 aromatic carbocycles. The first kappa shape index (κ1) is 18.2. The lowest BCUT2D eigenvalue weighted by Gasteiger charge is -2.22. The summed E-state index contributed by atoms with van der Waals surface area (Å²) in [5.74, 6) is -0.0373. The molecule has 1 aliphatic rings. The van der Waals surface area contributed by atoms with Gasteiger partial charge in [0.05, 0.1) is 10.6 Å². The molecule has 1 aliphatic heterocycles. The third kappa shape index (κ3) is 4.75. The molecular formula is C20H22Cl2N2O. The highest BCUT2D eigenvalue weighted by atomic mass is 35.5. The van der Waals surface area contributed by atoms with Crippen LogP contribution >= 0.6 is 23.2 Å². The summed E-state index contributed by atoms with van der Waals surface area (Å²) in [6, 6.07) is 13.7. The average Bonchev–Trinajstić information content (AvgIpc) is 2.84. The van der Waals surface area contributed by atoms with Gasteiger partial charge in [0.2, 0.25) is 0 Å². The lowest BCUT2D eigenvalue weighted by Crippen LogP contribution is -2.35. The summed E-state index contributed by atoms with van der Waals surface area (Å²) < 4.78 is 0. The first-order valence-electron chi connectivity index (χ1n) is 8.55. The molecule has 0 spiro atoms. The molecule has 3 nitrogen and oxygen atoms in total. The normalized spacial score (nSPS) is 15.9. The molecule has 3 rings (SSSR count). The lowest BCUT2D eigenvalue weighted by atomic mass is 10.1. The fourth-order valence-electron chi connectivity index (χ4n) is 3.12. The molecule has 0 radical (unpaired) electrons. The number of carbonyl (C=O) groups is 1. The van der Waals surface area contributed by atoms with E-state index in [0.717, 1.165) is 32.6 Å². The second-order valence-electron chi connectivity index (χ2n) is 6.53. The van der Waals surface area contributed by atoms with E-state index in [4.69, 9.17) is 23.2 Å². The molecular weight excluding hydrogens is 355 g/mol. The monoisotopic (exact) mass is 376 g/mol. The number of hydrogen-bond donors (Lipinski definition) is 0. The van der Waals surface area contributed by atoms with E-state index in [9.17, 15) is 4.79 Å². The van der Waals surface area contributed by atoms with Crippen molar-refractivity contribution in [2.45, 2.75) is 19.9 Å². The summed E-state index contributed by atoms with van der Waals surface area (Å²) in [4.78, 5) is 17.1. The summed E-state index contributed by atoms with van der Waals surface area (Å²) in [7, 11) is 0. The van der Waals surface area contributed by atoms with Crippen LogP contribution < -0.4 is 0 Å². The van der Waals surface area contributed by atoms with Gasteiger partial charge >= 0.3 is 0 Å². The van der Waals surface area contributed by atoms with Crippen molar-refractivity contribution in [3.63, 3.8) is 0 Å². The summed E-state index contributed by atoms with van der Waals surface area (Å²) >= 11 is 12.2. The van der Waals surface area contributed by atoms with Crippen molar-refractivity contribution in [3.8, 4) is 0 Å². The fraction of sp³-hybridized carbons (Fsp3) is 0.350. The maximum absolute atomic E-state index is 12.8. The van der Waals surface area contributed by atoms with Gasteiger partial charge in [0.1, 0.15) is 0 Å². The molecule has 2 aromatic rings. The predicted octanol–water partition coefficient (Wildman–Crippen LogP) is 4.65. The first-order valence-corrected chi connectivity index (χ1v) is 9.31. The Morgan fingerprint density at radius 1 is 1.00 bits per heavy atom. The third-order valence-corrected chi connectivity index (χ3v) is 5.13. The van der Waals surface area contributed by atoms with Gasteiger partial charge in [-0.2, -0.15) is 0 Å². The zero-order chi connectivity index (χ0) is 17.8. The maximum atomic E-state index is 12.8. The zero-order valence-electron chi connectivity index (χ0n) is 14.3. The van der Waals surface area contributed by atoms with Crippen molar-refractivity contribution < 1.29 is 4.79 Å². The van der Waals surface area contributed by atoms with Gasteiger partial charge in [-0.3, -0.25) is 9.69 Å². The number of aryl methyl sites for hydroxylation is 1. The molecule has 1 amide bonds. The molecule has 0 aromatic heterocycles. The smallest absolute Gasteiger partial charge is 0.255 e. The Balaban J connectivity index is 1.64. The Bertz CT molecular complexity index is 746. The first-order chi connectivity index (χ1) is 12.0. The van der Waals surface area contributed by atoms with Crippen LogP contribution in [0.5, 0.6) is 0 Å². The van der Waals surface area contributed by atoms with Crippen LogP contribution in [0.3, 0.4) is 0 Å². The van der Waals surface area contributed by atoms with E-state index in [0.29, 0.717) is 22.2 Å². The van der Waals surface area contributed by atoms with E-state index in [1.807, 2.05) is 4.90 Å². The van der Waals surface area contributed by atoms with E-state index in [1.54, 1.807) is 18.2 Å². The average molecular weight is 377 g/mol. The van der Waals surface area contributed by atoms with Crippen molar-refractivity contribution in [2.24, 2.45) is 0 Å². The van der Waals surface area contributed by atoms with Gasteiger partial charge in [-0.05, 0) is 37.1 Å². The van der Waals surface area contributed by atoms with Crippen molar-refractivity contribution in [3.05, 3.63) is 69.2 Å². The number of amides is 1. The second kappa shape index (κ2) is 8.22. The molecule has 25 heavy (non-hydrogen) atoms. The Morgan fingerprint density at radius 3 is 2.52 bits per heavy atom. The summed E-state index contributed by atoms with van der Waals surface area (Å²) in [5.41, 5.74) is 3.07. The minimum Gasteiger partial charge on any atom is -0.337 e. The molecule has 1 saturated heterocycles. The highest BCUT2D eigenvalue weighted by Gasteiger charge is 2.22. The van der Waals surface area contributed by atoms with Crippen molar-refractivity contribution in [1.82, 2.24) is 9.80 Å². The topological polar surface area (TPSA) is 23.6 Å². The van der Waals surface area contributed by atoms with Crippen molar-refractivity contribution >= 4 is 29.1 Å². The zero-order valence-corrected chi connectivity index (χ0v) is 15.9. The molecule has 0 saturated carbocycles. The van der Waals surface area contributed by atoms with Gasteiger partial charge in [-0.1, -0.05) is 53.0 Å². The summed E-state index contributed by atoms with van der Waals surface area (Å²) in [6.07, 6.45) is 0.954. The van der Waals surface area contributed by atoms with Crippen LogP contribution in [0, 0.1) is 6.92 Å². The van der Waals surface area contributed by atoms with E-state index in [2.05, 4.69) is 36.1 Å². The van der Waals surface area contributed by atoms with Crippen LogP contribution in [0.2, 0.25) is 10.0 Å².